The predicted octanol–water partition coefficient (Wildman–Crippen LogP) is 17.4. The van der Waals surface area contributed by atoms with Crippen molar-refractivity contribution >= 4 is 93.3 Å². The van der Waals surface area contributed by atoms with E-state index in [1.54, 1.807) is 0 Å². The van der Waals surface area contributed by atoms with Crippen molar-refractivity contribution in [3.63, 3.8) is 0 Å². The Morgan fingerprint density at radius 3 is 1.59 bits per heavy atom. The number of rotatable bonds is 6. The summed E-state index contributed by atoms with van der Waals surface area (Å²) < 4.78 is 13.8. The van der Waals surface area contributed by atoms with Crippen LogP contribution in [0.3, 0.4) is 0 Å². The van der Waals surface area contributed by atoms with E-state index in [9.17, 15) is 0 Å². The van der Waals surface area contributed by atoms with Crippen LogP contribution >= 0.6 is 0 Å². The molecule has 294 valence electrons. The van der Waals surface area contributed by atoms with Gasteiger partial charge in [0.2, 0.25) is 0 Å². The maximum Gasteiger partial charge on any atom is 0.145 e. The Labute approximate surface area is 363 Å². The van der Waals surface area contributed by atoms with Crippen LogP contribution in [0, 0.1) is 0 Å². The molecule has 0 aliphatic rings. The quantitative estimate of drug-likeness (QED) is 0.157. The molecule has 2 aromatic heterocycles. The average Bonchev–Trinajstić information content (AvgIpc) is 3.94. The third-order valence-corrected chi connectivity index (χ3v) is 12.9. The summed E-state index contributed by atoms with van der Waals surface area (Å²) >= 11 is 0. The summed E-state index contributed by atoms with van der Waals surface area (Å²) in [7, 11) is 0. The molecule has 0 N–H and O–H groups in total. The van der Waals surface area contributed by atoms with E-state index < -0.39 is 0 Å². The van der Waals surface area contributed by atoms with Crippen molar-refractivity contribution in [2.75, 3.05) is 4.90 Å². The van der Waals surface area contributed by atoms with Gasteiger partial charge in [0.05, 0.1) is 11.1 Å². The molecule has 63 heavy (non-hydrogen) atoms. The number of hydrogen-bond acceptors (Lipinski definition) is 3. The summed E-state index contributed by atoms with van der Waals surface area (Å²) in [6.07, 6.45) is 0. The molecule has 0 saturated heterocycles. The summed E-state index contributed by atoms with van der Waals surface area (Å²) in [6, 6.07) is 80.3. The van der Waals surface area contributed by atoms with Crippen molar-refractivity contribution in [1.82, 2.24) is 0 Å². The van der Waals surface area contributed by atoms with E-state index in [2.05, 4.69) is 229 Å². The number of hydrogen-bond donors (Lipinski definition) is 0. The van der Waals surface area contributed by atoms with Gasteiger partial charge in [0.15, 0.2) is 0 Å². The molecule has 0 amide bonds. The fourth-order valence-corrected chi connectivity index (χ4v) is 9.91. The molecule has 2 heterocycles. The molecule has 3 nitrogen and oxygen atoms in total. The van der Waals surface area contributed by atoms with E-state index >= 15 is 0 Å². The number of furan rings is 2. The Morgan fingerprint density at radius 2 is 0.825 bits per heavy atom. The fourth-order valence-electron chi connectivity index (χ4n) is 9.91. The fraction of sp³-hybridized carbons (Fsp3) is 0. The lowest BCUT2D eigenvalue weighted by atomic mass is 9.95. The predicted molar refractivity (Wildman–Crippen MR) is 265 cm³/mol. The number of nitrogens with zero attached hydrogens (tertiary/aromatic N) is 1. The molecule has 0 radical (unpaired) electrons. The Hall–Kier alpha value is -8.40. The second-order valence-corrected chi connectivity index (χ2v) is 16.4. The van der Waals surface area contributed by atoms with Crippen LogP contribution in [0.5, 0.6) is 0 Å². The lowest BCUT2D eigenvalue weighted by Crippen LogP contribution is -2.10. The van der Waals surface area contributed by atoms with Crippen LogP contribution in [-0.2, 0) is 0 Å². The number of benzene rings is 11. The first-order valence-electron chi connectivity index (χ1n) is 21.5. The molecule has 0 bridgehead atoms. The van der Waals surface area contributed by atoms with Gasteiger partial charge in [0, 0.05) is 44.2 Å². The third kappa shape index (κ3) is 5.60. The van der Waals surface area contributed by atoms with Gasteiger partial charge in [0.25, 0.3) is 0 Å². The second kappa shape index (κ2) is 14.1. The van der Waals surface area contributed by atoms with Gasteiger partial charge >= 0.3 is 0 Å². The van der Waals surface area contributed by atoms with Crippen LogP contribution in [-0.4, -0.2) is 0 Å². The van der Waals surface area contributed by atoms with Gasteiger partial charge in [-0.25, -0.2) is 0 Å². The average molecular weight is 804 g/mol. The van der Waals surface area contributed by atoms with Gasteiger partial charge in [-0.15, -0.1) is 0 Å². The van der Waals surface area contributed by atoms with E-state index in [1.165, 1.54) is 32.3 Å². The van der Waals surface area contributed by atoms with Crippen LogP contribution < -0.4 is 4.90 Å². The minimum atomic E-state index is 0.857. The molecule has 3 heteroatoms. The van der Waals surface area contributed by atoms with Crippen molar-refractivity contribution < 1.29 is 8.83 Å². The number of anilines is 3. The summed E-state index contributed by atoms with van der Waals surface area (Å²) in [5.41, 5.74) is 13.2. The first-order valence-corrected chi connectivity index (χ1v) is 21.5. The van der Waals surface area contributed by atoms with E-state index in [4.69, 9.17) is 8.83 Å². The molecule has 0 saturated carbocycles. The zero-order chi connectivity index (χ0) is 41.4. The Kier molecular flexibility index (Phi) is 7.91. The molecule has 13 rings (SSSR count). The van der Waals surface area contributed by atoms with Crippen LogP contribution in [0.15, 0.2) is 233 Å². The summed E-state index contributed by atoms with van der Waals surface area (Å²) in [6.45, 7) is 0. The molecule has 0 aliphatic carbocycles. The maximum atomic E-state index is 6.92. The lowest BCUT2D eigenvalue weighted by Gasteiger charge is -2.27. The second-order valence-electron chi connectivity index (χ2n) is 16.4. The smallest absolute Gasteiger partial charge is 0.145 e. The van der Waals surface area contributed by atoms with Crippen molar-refractivity contribution in [3.05, 3.63) is 224 Å². The van der Waals surface area contributed by atoms with E-state index in [0.717, 1.165) is 94.3 Å². The highest BCUT2D eigenvalue weighted by Gasteiger charge is 2.24. The van der Waals surface area contributed by atoms with Crippen molar-refractivity contribution in [2.24, 2.45) is 0 Å². The van der Waals surface area contributed by atoms with Gasteiger partial charge in [-0.2, -0.15) is 0 Å². The van der Waals surface area contributed by atoms with Crippen LogP contribution in [0.25, 0.3) is 110 Å². The molecule has 0 spiro atoms. The van der Waals surface area contributed by atoms with Gasteiger partial charge in [0.1, 0.15) is 22.3 Å². The highest BCUT2D eigenvalue weighted by atomic mass is 16.3. The Balaban J connectivity index is 1.03. The van der Waals surface area contributed by atoms with Crippen LogP contribution in [0.2, 0.25) is 0 Å². The van der Waals surface area contributed by atoms with Gasteiger partial charge < -0.3 is 13.7 Å². The Morgan fingerprint density at radius 1 is 0.286 bits per heavy atom. The van der Waals surface area contributed by atoms with Crippen molar-refractivity contribution in [2.45, 2.75) is 0 Å². The van der Waals surface area contributed by atoms with E-state index in [0.29, 0.717) is 0 Å². The van der Waals surface area contributed by atoms with Crippen LogP contribution in [0.1, 0.15) is 0 Å². The number of fused-ring (bicyclic) bond motifs is 10. The third-order valence-electron chi connectivity index (χ3n) is 12.9. The minimum Gasteiger partial charge on any atom is -0.455 e. The molecular formula is C60H37NO2. The molecule has 0 fully saturated rings. The van der Waals surface area contributed by atoms with Gasteiger partial charge in [-0.05, 0) is 91.5 Å². The molecular weight excluding hydrogens is 767 g/mol. The topological polar surface area (TPSA) is 29.5 Å². The van der Waals surface area contributed by atoms with Crippen LogP contribution in [0.4, 0.5) is 17.1 Å². The molecule has 0 unspecified atom stereocenters. The first kappa shape index (κ1) is 35.4. The van der Waals surface area contributed by atoms with Crippen molar-refractivity contribution in [3.8, 4) is 33.4 Å². The summed E-state index contributed by atoms with van der Waals surface area (Å²) in [5, 5.41) is 11.6. The van der Waals surface area contributed by atoms with E-state index in [-0.39, 0.29) is 0 Å². The van der Waals surface area contributed by atoms with Gasteiger partial charge in [-0.1, -0.05) is 182 Å². The standard InChI is InChI=1S/C60H37NO2/c1-2-13-39(14-3-1)47-21-11-24-50-51-25-12-22-48(59(51)63-58(47)50)41-29-32-43(33-30-41)61(44-34-31-42-28-27-40-16-5-7-19-46(40)54(42)37-44)55-36-35-52(49-23-10-17-38-15-4-6-18-45(38)49)60-57(55)53-20-8-9-26-56(53)62-60/h1-37H. The summed E-state index contributed by atoms with van der Waals surface area (Å²) in [4.78, 5) is 2.40. The van der Waals surface area contributed by atoms with E-state index in [1.807, 2.05) is 0 Å². The SMILES string of the molecule is c1ccc(-c2cccc3c2oc2c(-c4ccc(N(c5ccc6ccc7ccccc7c6c5)c5ccc(-c6cccc7ccccc67)c6oc7ccccc7c56)cc4)cccc23)cc1. The van der Waals surface area contributed by atoms with Crippen molar-refractivity contribution in [1.29, 1.82) is 0 Å². The largest absolute Gasteiger partial charge is 0.455 e. The zero-order valence-corrected chi connectivity index (χ0v) is 34.1. The maximum absolute atomic E-state index is 6.92. The molecule has 0 atom stereocenters. The molecule has 0 aliphatic heterocycles. The molecule has 13 aromatic rings. The monoisotopic (exact) mass is 803 g/mol. The first-order chi connectivity index (χ1) is 31.2. The lowest BCUT2D eigenvalue weighted by molar-refractivity contribution is 0.670. The Bertz CT molecular complexity index is 3910. The molecule has 11 aromatic carbocycles. The number of para-hydroxylation sites is 3. The highest BCUT2D eigenvalue weighted by molar-refractivity contribution is 6.19. The summed E-state index contributed by atoms with van der Waals surface area (Å²) in [5.74, 6) is 0. The highest BCUT2D eigenvalue weighted by Crippen LogP contribution is 2.48. The van der Waals surface area contributed by atoms with Gasteiger partial charge in [-0.3, -0.25) is 0 Å². The minimum absolute atomic E-state index is 0.857. The normalized spacial score (nSPS) is 11.8. The zero-order valence-electron chi connectivity index (χ0n) is 34.1.